The third-order valence-electron chi connectivity index (χ3n) is 6.56. The molecule has 0 aromatic heterocycles. The molecular formula is C23H30O. The predicted molar refractivity (Wildman–Crippen MR) is 99.7 cm³/mol. The molecule has 4 rings (SSSR count). The van der Waals surface area contributed by atoms with Gasteiger partial charge in [0.1, 0.15) is 0 Å². The lowest BCUT2D eigenvalue weighted by Crippen LogP contribution is -2.35. The molecule has 1 heteroatoms. The van der Waals surface area contributed by atoms with Gasteiger partial charge in [-0.3, -0.25) is 0 Å². The number of hydrogen-bond acceptors (Lipinski definition) is 1. The second-order valence-electron chi connectivity index (χ2n) is 9.03. The molecule has 1 N–H and O–H groups in total. The van der Waals surface area contributed by atoms with Gasteiger partial charge in [0.25, 0.3) is 0 Å². The fourth-order valence-corrected chi connectivity index (χ4v) is 5.61. The highest BCUT2D eigenvalue weighted by molar-refractivity contribution is 5.40. The molecule has 3 atom stereocenters. The van der Waals surface area contributed by atoms with Gasteiger partial charge in [-0.1, -0.05) is 61.1 Å². The molecule has 0 spiro atoms. The maximum atomic E-state index is 10.5. The minimum atomic E-state index is -0.691. The Hall–Kier alpha value is -1.34. The van der Waals surface area contributed by atoms with Crippen LogP contribution >= 0.6 is 0 Å². The van der Waals surface area contributed by atoms with E-state index in [0.717, 1.165) is 24.2 Å². The highest BCUT2D eigenvalue weighted by atomic mass is 16.3. The van der Waals surface area contributed by atoms with Crippen LogP contribution in [0.4, 0.5) is 0 Å². The Labute approximate surface area is 146 Å². The second-order valence-corrected chi connectivity index (χ2v) is 9.03. The summed E-state index contributed by atoms with van der Waals surface area (Å²) in [6.45, 7) is 3.84. The van der Waals surface area contributed by atoms with Crippen LogP contribution in [0.15, 0.2) is 54.6 Å². The van der Waals surface area contributed by atoms with Crippen LogP contribution < -0.4 is 0 Å². The van der Waals surface area contributed by atoms with Crippen LogP contribution in [0.1, 0.15) is 51.5 Å². The Kier molecular flexibility index (Phi) is 3.95. The SMILES string of the molecule is CC(C)(O)CC1(c2ccccc2)C=CC([C@H]2C[C@@H]3CC[C@H]2C3)C=C1. The van der Waals surface area contributed by atoms with Crippen molar-refractivity contribution in [3.8, 4) is 0 Å². The molecule has 2 fully saturated rings. The van der Waals surface area contributed by atoms with Gasteiger partial charge in [-0.2, -0.15) is 0 Å². The van der Waals surface area contributed by atoms with Crippen LogP contribution in [0.25, 0.3) is 0 Å². The van der Waals surface area contributed by atoms with E-state index >= 15 is 0 Å². The lowest BCUT2D eigenvalue weighted by atomic mass is 9.67. The van der Waals surface area contributed by atoms with Crippen molar-refractivity contribution in [2.45, 2.75) is 57.0 Å². The summed E-state index contributed by atoms with van der Waals surface area (Å²) in [5, 5.41) is 10.5. The molecule has 0 amide bonds. The molecule has 1 aromatic rings. The number of fused-ring (bicyclic) bond motifs is 2. The molecule has 24 heavy (non-hydrogen) atoms. The van der Waals surface area contributed by atoms with Crippen molar-refractivity contribution in [3.63, 3.8) is 0 Å². The number of benzene rings is 1. The first kappa shape index (κ1) is 16.1. The van der Waals surface area contributed by atoms with E-state index in [1.165, 1.54) is 31.2 Å². The second kappa shape index (κ2) is 5.88. The fraction of sp³-hybridized carbons (Fsp3) is 0.565. The Morgan fingerprint density at radius 1 is 1.04 bits per heavy atom. The molecule has 2 saturated carbocycles. The molecule has 0 heterocycles. The lowest BCUT2D eigenvalue weighted by molar-refractivity contribution is 0.0582. The van der Waals surface area contributed by atoms with Crippen molar-refractivity contribution in [1.29, 1.82) is 0 Å². The smallest absolute Gasteiger partial charge is 0.0606 e. The quantitative estimate of drug-likeness (QED) is 0.749. The van der Waals surface area contributed by atoms with Crippen molar-refractivity contribution < 1.29 is 5.11 Å². The summed E-state index contributed by atoms with van der Waals surface area (Å²) in [6.07, 6.45) is 16.2. The zero-order valence-corrected chi connectivity index (χ0v) is 15.0. The van der Waals surface area contributed by atoms with Crippen LogP contribution in [0.2, 0.25) is 0 Å². The molecule has 1 nitrogen and oxygen atoms in total. The van der Waals surface area contributed by atoms with Gasteiger partial charge < -0.3 is 5.11 Å². The van der Waals surface area contributed by atoms with Crippen LogP contribution in [0, 0.1) is 23.7 Å². The van der Waals surface area contributed by atoms with E-state index in [4.69, 9.17) is 0 Å². The van der Waals surface area contributed by atoms with Crippen molar-refractivity contribution >= 4 is 0 Å². The number of rotatable bonds is 4. The molecule has 3 aliphatic carbocycles. The first-order valence-electron chi connectivity index (χ1n) is 9.62. The lowest BCUT2D eigenvalue weighted by Gasteiger charge is -2.38. The summed E-state index contributed by atoms with van der Waals surface area (Å²) in [6, 6.07) is 10.7. The maximum absolute atomic E-state index is 10.5. The van der Waals surface area contributed by atoms with Crippen LogP contribution in [0.3, 0.4) is 0 Å². The minimum Gasteiger partial charge on any atom is -0.390 e. The Morgan fingerprint density at radius 2 is 1.75 bits per heavy atom. The topological polar surface area (TPSA) is 20.2 Å². The highest BCUT2D eigenvalue weighted by Crippen LogP contribution is 2.53. The first-order valence-corrected chi connectivity index (χ1v) is 9.62. The van der Waals surface area contributed by atoms with E-state index in [9.17, 15) is 5.11 Å². The molecule has 0 aliphatic heterocycles. The van der Waals surface area contributed by atoms with E-state index < -0.39 is 5.60 Å². The van der Waals surface area contributed by atoms with Gasteiger partial charge in [0.2, 0.25) is 0 Å². The average Bonchev–Trinajstić information content (AvgIpc) is 3.18. The van der Waals surface area contributed by atoms with Crippen LogP contribution in [0.5, 0.6) is 0 Å². The van der Waals surface area contributed by atoms with Crippen LogP contribution in [-0.2, 0) is 5.41 Å². The molecule has 0 unspecified atom stereocenters. The van der Waals surface area contributed by atoms with E-state index in [2.05, 4.69) is 54.6 Å². The number of allylic oxidation sites excluding steroid dienone is 4. The van der Waals surface area contributed by atoms with Crippen molar-refractivity contribution in [2.24, 2.45) is 23.7 Å². The molecule has 1 aromatic carbocycles. The summed E-state index contributed by atoms with van der Waals surface area (Å²) < 4.78 is 0. The van der Waals surface area contributed by atoms with Crippen molar-refractivity contribution in [2.75, 3.05) is 0 Å². The maximum Gasteiger partial charge on any atom is 0.0606 e. The fourth-order valence-electron chi connectivity index (χ4n) is 5.61. The van der Waals surface area contributed by atoms with E-state index in [1.54, 1.807) is 0 Å². The number of aliphatic hydroxyl groups is 1. The molecule has 0 radical (unpaired) electrons. The molecule has 3 aliphatic rings. The van der Waals surface area contributed by atoms with Gasteiger partial charge in [0.15, 0.2) is 0 Å². The van der Waals surface area contributed by atoms with Gasteiger partial charge in [-0.05, 0) is 68.8 Å². The van der Waals surface area contributed by atoms with E-state index in [0.29, 0.717) is 5.92 Å². The van der Waals surface area contributed by atoms with Crippen LogP contribution in [-0.4, -0.2) is 10.7 Å². The zero-order valence-electron chi connectivity index (χ0n) is 15.0. The Balaban J connectivity index is 1.60. The molecule has 0 saturated heterocycles. The monoisotopic (exact) mass is 322 g/mol. The first-order chi connectivity index (χ1) is 11.5. The molecule has 128 valence electrons. The third-order valence-corrected chi connectivity index (χ3v) is 6.56. The van der Waals surface area contributed by atoms with Gasteiger partial charge in [0.05, 0.1) is 5.60 Å². The summed E-state index contributed by atoms with van der Waals surface area (Å²) in [4.78, 5) is 0. The summed E-state index contributed by atoms with van der Waals surface area (Å²) >= 11 is 0. The largest absolute Gasteiger partial charge is 0.390 e. The van der Waals surface area contributed by atoms with Gasteiger partial charge in [-0.15, -0.1) is 0 Å². The standard InChI is InChI=1S/C23H30O/c1-22(2,24)16-23(20-6-4-3-5-7-20)12-10-18(11-13-23)21-15-17-8-9-19(21)14-17/h3-7,10-13,17-19,21,24H,8-9,14-16H2,1-2H3/t17-,18?,19+,21-,23?/m1/s1. The summed E-state index contributed by atoms with van der Waals surface area (Å²) in [5.74, 6) is 3.40. The molecular weight excluding hydrogens is 292 g/mol. The minimum absolute atomic E-state index is 0.173. The van der Waals surface area contributed by atoms with Gasteiger partial charge in [0, 0.05) is 5.41 Å². The zero-order chi connectivity index (χ0) is 16.8. The Bertz CT molecular complexity index is 620. The van der Waals surface area contributed by atoms with Gasteiger partial charge in [-0.25, -0.2) is 0 Å². The average molecular weight is 322 g/mol. The Morgan fingerprint density at radius 3 is 2.29 bits per heavy atom. The number of hydrogen-bond donors (Lipinski definition) is 1. The normalized spacial score (nSPS) is 38.0. The van der Waals surface area contributed by atoms with E-state index in [-0.39, 0.29) is 5.41 Å². The highest BCUT2D eigenvalue weighted by Gasteiger charge is 2.43. The predicted octanol–water partition coefficient (Wildman–Crippen LogP) is 5.26. The summed E-state index contributed by atoms with van der Waals surface area (Å²) in [5.41, 5.74) is 0.420. The molecule has 2 bridgehead atoms. The van der Waals surface area contributed by atoms with Crippen molar-refractivity contribution in [1.82, 2.24) is 0 Å². The summed E-state index contributed by atoms with van der Waals surface area (Å²) in [7, 11) is 0. The van der Waals surface area contributed by atoms with E-state index in [1.807, 2.05) is 13.8 Å². The van der Waals surface area contributed by atoms with Gasteiger partial charge >= 0.3 is 0 Å². The van der Waals surface area contributed by atoms with Crippen molar-refractivity contribution in [3.05, 3.63) is 60.2 Å². The third kappa shape index (κ3) is 2.99.